The molecule has 0 spiro atoms. The molecule has 2 atom stereocenters. The van der Waals surface area contributed by atoms with Crippen LogP contribution in [0.1, 0.15) is 44.4 Å². The van der Waals surface area contributed by atoms with E-state index in [0.717, 1.165) is 31.5 Å². The Labute approximate surface area is 96.7 Å². The molecule has 0 amide bonds. The van der Waals surface area contributed by atoms with E-state index in [1.165, 1.54) is 0 Å². The Hall–Kier alpha value is -0.870. The third kappa shape index (κ3) is 2.44. The molecule has 0 aliphatic carbocycles. The molecule has 1 aromatic rings. The molecule has 2 unspecified atom stereocenters. The minimum atomic E-state index is -0.375. The van der Waals surface area contributed by atoms with E-state index in [2.05, 4.69) is 24.3 Å². The second-order valence-corrected chi connectivity index (χ2v) is 4.90. The van der Waals surface area contributed by atoms with Crippen molar-refractivity contribution in [1.29, 1.82) is 0 Å². The number of aliphatic hydroxyl groups excluding tert-OH is 1. The van der Waals surface area contributed by atoms with Gasteiger partial charge in [-0.15, -0.1) is 0 Å². The molecule has 1 saturated heterocycles. The number of aromatic nitrogens is 2. The van der Waals surface area contributed by atoms with Crippen molar-refractivity contribution in [2.24, 2.45) is 5.92 Å². The maximum absolute atomic E-state index is 10.2. The highest BCUT2D eigenvalue weighted by atomic mass is 16.3. The molecule has 90 valence electrons. The van der Waals surface area contributed by atoms with E-state index in [0.29, 0.717) is 12.0 Å². The third-order valence-corrected chi connectivity index (χ3v) is 3.27. The van der Waals surface area contributed by atoms with Crippen LogP contribution < -0.4 is 5.32 Å². The number of nitrogens with zero attached hydrogens (tertiary/aromatic N) is 2. The molecule has 0 bridgehead atoms. The minimum absolute atomic E-state index is 0.332. The monoisotopic (exact) mass is 223 g/mol. The van der Waals surface area contributed by atoms with Crippen molar-refractivity contribution in [2.45, 2.75) is 38.8 Å². The summed E-state index contributed by atoms with van der Waals surface area (Å²) in [4.78, 5) is 0. The fourth-order valence-electron chi connectivity index (χ4n) is 2.21. The van der Waals surface area contributed by atoms with Crippen LogP contribution in [0.3, 0.4) is 0 Å². The van der Waals surface area contributed by atoms with E-state index in [4.69, 9.17) is 0 Å². The Bertz CT molecular complexity index is 329. The van der Waals surface area contributed by atoms with Crippen LogP contribution in [0.4, 0.5) is 0 Å². The molecule has 4 nitrogen and oxygen atoms in total. The fraction of sp³-hybridized carbons (Fsp3) is 0.750. The lowest BCUT2D eigenvalue weighted by Crippen LogP contribution is -2.33. The smallest absolute Gasteiger partial charge is 0.0860 e. The molecule has 1 aromatic heterocycles. The van der Waals surface area contributed by atoms with Gasteiger partial charge in [0.2, 0.25) is 0 Å². The molecule has 0 saturated carbocycles. The van der Waals surface area contributed by atoms with Crippen LogP contribution in [0.5, 0.6) is 0 Å². The number of rotatable bonds is 3. The van der Waals surface area contributed by atoms with Gasteiger partial charge in [-0.2, -0.15) is 5.10 Å². The Morgan fingerprint density at radius 1 is 1.56 bits per heavy atom. The SMILES string of the molecule is CC(C)n1cc(C(O)C2CCCNC2)cn1. The average molecular weight is 223 g/mol. The van der Waals surface area contributed by atoms with Crippen molar-refractivity contribution in [1.82, 2.24) is 15.1 Å². The molecular formula is C12H21N3O. The molecule has 2 heterocycles. The van der Waals surface area contributed by atoms with Crippen molar-refractivity contribution in [2.75, 3.05) is 13.1 Å². The Morgan fingerprint density at radius 2 is 2.38 bits per heavy atom. The predicted molar refractivity (Wildman–Crippen MR) is 63.2 cm³/mol. The first-order valence-electron chi connectivity index (χ1n) is 6.11. The summed E-state index contributed by atoms with van der Waals surface area (Å²) in [6.07, 6.45) is 5.63. The average Bonchev–Trinajstić information content (AvgIpc) is 2.78. The molecule has 1 aliphatic heterocycles. The van der Waals surface area contributed by atoms with Crippen LogP contribution >= 0.6 is 0 Å². The van der Waals surface area contributed by atoms with E-state index >= 15 is 0 Å². The zero-order chi connectivity index (χ0) is 11.5. The van der Waals surface area contributed by atoms with E-state index < -0.39 is 0 Å². The van der Waals surface area contributed by atoms with Gasteiger partial charge in [0.05, 0.1) is 12.3 Å². The fourth-order valence-corrected chi connectivity index (χ4v) is 2.21. The van der Waals surface area contributed by atoms with E-state index in [1.54, 1.807) is 6.20 Å². The largest absolute Gasteiger partial charge is 0.388 e. The Morgan fingerprint density at radius 3 is 2.94 bits per heavy atom. The van der Waals surface area contributed by atoms with Crippen LogP contribution in [0.25, 0.3) is 0 Å². The van der Waals surface area contributed by atoms with Crippen molar-refractivity contribution in [3.63, 3.8) is 0 Å². The Balaban J connectivity index is 2.04. The van der Waals surface area contributed by atoms with Gasteiger partial charge >= 0.3 is 0 Å². The Kier molecular flexibility index (Phi) is 3.61. The number of hydrogen-bond donors (Lipinski definition) is 2. The van der Waals surface area contributed by atoms with Gasteiger partial charge in [-0.1, -0.05) is 0 Å². The quantitative estimate of drug-likeness (QED) is 0.816. The normalized spacial score (nSPS) is 23.6. The van der Waals surface area contributed by atoms with Crippen molar-refractivity contribution < 1.29 is 5.11 Å². The molecular weight excluding hydrogens is 202 g/mol. The summed E-state index contributed by atoms with van der Waals surface area (Å²) in [5, 5.41) is 17.8. The van der Waals surface area contributed by atoms with Gasteiger partial charge in [0, 0.05) is 30.3 Å². The van der Waals surface area contributed by atoms with Gasteiger partial charge in [0.15, 0.2) is 0 Å². The van der Waals surface area contributed by atoms with Gasteiger partial charge in [0.25, 0.3) is 0 Å². The second kappa shape index (κ2) is 4.97. The summed E-state index contributed by atoms with van der Waals surface area (Å²) in [6.45, 7) is 6.17. The zero-order valence-corrected chi connectivity index (χ0v) is 10.1. The number of hydrogen-bond acceptors (Lipinski definition) is 3. The molecule has 1 fully saturated rings. The molecule has 0 radical (unpaired) electrons. The first-order valence-corrected chi connectivity index (χ1v) is 6.11. The highest BCUT2D eigenvalue weighted by Crippen LogP contribution is 2.27. The maximum Gasteiger partial charge on any atom is 0.0860 e. The lowest BCUT2D eigenvalue weighted by atomic mass is 9.91. The van der Waals surface area contributed by atoms with E-state index in [1.807, 2.05) is 10.9 Å². The predicted octanol–water partition coefficient (Wildman–Crippen LogP) is 1.50. The summed E-state index contributed by atoms with van der Waals surface area (Å²) in [5.41, 5.74) is 0.947. The molecule has 4 heteroatoms. The summed E-state index contributed by atoms with van der Waals surface area (Å²) in [7, 11) is 0. The first-order chi connectivity index (χ1) is 7.68. The molecule has 1 aliphatic rings. The van der Waals surface area contributed by atoms with Crippen LogP contribution in [0, 0.1) is 5.92 Å². The van der Waals surface area contributed by atoms with Gasteiger partial charge < -0.3 is 10.4 Å². The number of aliphatic hydroxyl groups is 1. The highest BCUT2D eigenvalue weighted by molar-refractivity contribution is 5.10. The summed E-state index contributed by atoms with van der Waals surface area (Å²) in [5.74, 6) is 0.332. The van der Waals surface area contributed by atoms with Gasteiger partial charge in [-0.25, -0.2) is 0 Å². The molecule has 16 heavy (non-hydrogen) atoms. The van der Waals surface area contributed by atoms with Gasteiger partial charge in [-0.3, -0.25) is 4.68 Å². The highest BCUT2D eigenvalue weighted by Gasteiger charge is 2.24. The van der Waals surface area contributed by atoms with Crippen LogP contribution in [-0.2, 0) is 0 Å². The summed E-state index contributed by atoms with van der Waals surface area (Å²) >= 11 is 0. The van der Waals surface area contributed by atoms with Crippen molar-refractivity contribution in [3.05, 3.63) is 18.0 Å². The minimum Gasteiger partial charge on any atom is -0.388 e. The number of nitrogens with one attached hydrogen (secondary N) is 1. The maximum atomic E-state index is 10.2. The van der Waals surface area contributed by atoms with Gasteiger partial charge in [-0.05, 0) is 33.2 Å². The summed E-state index contributed by atoms with van der Waals surface area (Å²) < 4.78 is 1.90. The summed E-state index contributed by atoms with van der Waals surface area (Å²) in [6, 6.07) is 0.352. The number of piperidine rings is 1. The molecule has 2 rings (SSSR count). The van der Waals surface area contributed by atoms with E-state index in [9.17, 15) is 5.11 Å². The zero-order valence-electron chi connectivity index (χ0n) is 10.1. The molecule has 0 aromatic carbocycles. The van der Waals surface area contributed by atoms with Gasteiger partial charge in [0.1, 0.15) is 0 Å². The first kappa shape index (κ1) is 11.6. The van der Waals surface area contributed by atoms with Crippen molar-refractivity contribution in [3.8, 4) is 0 Å². The lowest BCUT2D eigenvalue weighted by molar-refractivity contribution is 0.0920. The van der Waals surface area contributed by atoms with Crippen molar-refractivity contribution >= 4 is 0 Å². The van der Waals surface area contributed by atoms with Crippen LogP contribution in [0.2, 0.25) is 0 Å². The van der Waals surface area contributed by atoms with Crippen LogP contribution in [0.15, 0.2) is 12.4 Å². The lowest BCUT2D eigenvalue weighted by Gasteiger charge is -2.26. The van der Waals surface area contributed by atoms with E-state index in [-0.39, 0.29) is 6.10 Å². The topological polar surface area (TPSA) is 50.1 Å². The van der Waals surface area contributed by atoms with Crippen LogP contribution in [-0.4, -0.2) is 28.0 Å². The third-order valence-electron chi connectivity index (χ3n) is 3.27. The molecule has 2 N–H and O–H groups in total. The standard InChI is InChI=1S/C12H21N3O/c1-9(2)15-8-11(7-14-15)12(16)10-4-3-5-13-6-10/h7-10,12-13,16H,3-6H2,1-2H3. The second-order valence-electron chi connectivity index (χ2n) is 4.90.